The molecule has 1 aromatic carbocycles. The molecular formula is C23H28N4O3S. The average Bonchev–Trinajstić information content (AvgIpc) is 3.49. The van der Waals surface area contributed by atoms with Crippen LogP contribution in [0.3, 0.4) is 0 Å². The minimum absolute atomic E-state index is 0.0691. The number of pyridine rings is 1. The molecular weight excluding hydrogens is 412 g/mol. The van der Waals surface area contributed by atoms with Crippen LogP contribution in [-0.4, -0.2) is 56.3 Å². The van der Waals surface area contributed by atoms with Crippen LogP contribution in [0.15, 0.2) is 41.4 Å². The van der Waals surface area contributed by atoms with Crippen LogP contribution in [0.2, 0.25) is 0 Å². The number of piperidine rings is 1. The SMILES string of the molecule is O=C(c1cccnc1N1CCCC1)N1CCc2cc(S(=O)(=O)N3CCCCC3)ccc21. The molecule has 0 N–H and O–H groups in total. The zero-order chi connectivity index (χ0) is 21.4. The number of nitrogens with zero attached hydrogens (tertiary/aromatic N) is 4. The second-order valence-corrected chi connectivity index (χ2v) is 10.5. The fourth-order valence-electron chi connectivity index (χ4n) is 4.89. The number of fused-ring (bicyclic) bond motifs is 1. The average molecular weight is 441 g/mol. The van der Waals surface area contributed by atoms with E-state index in [4.69, 9.17) is 0 Å². The summed E-state index contributed by atoms with van der Waals surface area (Å²) in [5.74, 6) is 0.683. The number of anilines is 2. The van der Waals surface area contributed by atoms with Crippen molar-refractivity contribution in [1.29, 1.82) is 0 Å². The molecule has 164 valence electrons. The zero-order valence-corrected chi connectivity index (χ0v) is 18.5. The van der Waals surface area contributed by atoms with Gasteiger partial charge < -0.3 is 9.80 Å². The van der Waals surface area contributed by atoms with Gasteiger partial charge in [-0.2, -0.15) is 4.31 Å². The van der Waals surface area contributed by atoms with Crippen LogP contribution in [0.4, 0.5) is 11.5 Å². The number of carbonyl (C=O) groups is 1. The van der Waals surface area contributed by atoms with Gasteiger partial charge in [-0.05, 0) is 68.0 Å². The van der Waals surface area contributed by atoms with E-state index in [9.17, 15) is 13.2 Å². The summed E-state index contributed by atoms with van der Waals surface area (Å²) < 4.78 is 27.7. The van der Waals surface area contributed by atoms with Gasteiger partial charge in [-0.3, -0.25) is 4.79 Å². The van der Waals surface area contributed by atoms with Crippen molar-refractivity contribution in [2.24, 2.45) is 0 Å². The Morgan fingerprint density at radius 2 is 1.65 bits per heavy atom. The summed E-state index contributed by atoms with van der Waals surface area (Å²) in [4.78, 5) is 22.2. The van der Waals surface area contributed by atoms with E-state index < -0.39 is 10.0 Å². The lowest BCUT2D eigenvalue weighted by Crippen LogP contribution is -2.35. The quantitative estimate of drug-likeness (QED) is 0.731. The van der Waals surface area contributed by atoms with Crippen LogP contribution < -0.4 is 9.80 Å². The Morgan fingerprint density at radius 3 is 2.42 bits per heavy atom. The minimum atomic E-state index is -3.48. The lowest BCUT2D eigenvalue weighted by atomic mass is 10.1. The van der Waals surface area contributed by atoms with E-state index in [1.54, 1.807) is 39.7 Å². The molecule has 0 radical (unpaired) electrons. The monoisotopic (exact) mass is 440 g/mol. The van der Waals surface area contributed by atoms with Gasteiger partial charge >= 0.3 is 0 Å². The third-order valence-electron chi connectivity index (χ3n) is 6.57. The van der Waals surface area contributed by atoms with Crippen molar-refractivity contribution in [3.8, 4) is 0 Å². The van der Waals surface area contributed by atoms with Gasteiger partial charge in [0.25, 0.3) is 5.91 Å². The lowest BCUT2D eigenvalue weighted by Gasteiger charge is -2.26. The van der Waals surface area contributed by atoms with Crippen molar-refractivity contribution in [3.63, 3.8) is 0 Å². The summed E-state index contributed by atoms with van der Waals surface area (Å²) in [6.45, 7) is 3.57. The highest BCUT2D eigenvalue weighted by atomic mass is 32.2. The largest absolute Gasteiger partial charge is 0.356 e. The normalized spacial score (nSPS) is 19.6. The molecule has 5 rings (SSSR count). The van der Waals surface area contributed by atoms with Crippen molar-refractivity contribution in [2.45, 2.75) is 43.4 Å². The molecule has 0 saturated carbocycles. The highest BCUT2D eigenvalue weighted by Crippen LogP contribution is 2.34. The Morgan fingerprint density at radius 1 is 0.903 bits per heavy atom. The topological polar surface area (TPSA) is 73.8 Å². The summed E-state index contributed by atoms with van der Waals surface area (Å²) in [5, 5.41) is 0. The van der Waals surface area contributed by atoms with Gasteiger partial charge in [0.2, 0.25) is 10.0 Å². The van der Waals surface area contributed by atoms with Gasteiger partial charge in [0.15, 0.2) is 0 Å². The van der Waals surface area contributed by atoms with Crippen molar-refractivity contribution >= 4 is 27.4 Å². The second-order valence-electron chi connectivity index (χ2n) is 8.53. The number of hydrogen-bond donors (Lipinski definition) is 0. The first-order valence-electron chi connectivity index (χ1n) is 11.2. The van der Waals surface area contributed by atoms with E-state index in [-0.39, 0.29) is 5.91 Å². The number of aromatic nitrogens is 1. The molecule has 2 saturated heterocycles. The van der Waals surface area contributed by atoms with Crippen LogP contribution in [0.1, 0.15) is 48.0 Å². The lowest BCUT2D eigenvalue weighted by molar-refractivity contribution is 0.0989. The van der Waals surface area contributed by atoms with E-state index in [1.165, 1.54) is 0 Å². The predicted molar refractivity (Wildman–Crippen MR) is 120 cm³/mol. The molecule has 3 aliphatic heterocycles. The number of carbonyl (C=O) groups excluding carboxylic acids is 1. The van der Waals surface area contributed by atoms with E-state index >= 15 is 0 Å². The molecule has 4 heterocycles. The first-order chi connectivity index (χ1) is 15.1. The van der Waals surface area contributed by atoms with Crippen molar-refractivity contribution < 1.29 is 13.2 Å². The fraction of sp³-hybridized carbons (Fsp3) is 0.478. The summed E-state index contributed by atoms with van der Waals surface area (Å²) in [7, 11) is -3.48. The van der Waals surface area contributed by atoms with Gasteiger partial charge in [0.05, 0.1) is 10.5 Å². The molecule has 0 unspecified atom stereocenters. The summed E-state index contributed by atoms with van der Waals surface area (Å²) in [5.41, 5.74) is 2.33. The number of rotatable bonds is 4. The maximum atomic E-state index is 13.4. The van der Waals surface area contributed by atoms with Crippen molar-refractivity contribution in [1.82, 2.24) is 9.29 Å². The molecule has 3 aliphatic rings. The van der Waals surface area contributed by atoms with Crippen molar-refractivity contribution in [2.75, 3.05) is 42.5 Å². The van der Waals surface area contributed by atoms with Gasteiger partial charge in [-0.25, -0.2) is 13.4 Å². The minimum Gasteiger partial charge on any atom is -0.356 e. The third-order valence-corrected chi connectivity index (χ3v) is 8.46. The van der Waals surface area contributed by atoms with Crippen LogP contribution in [0, 0.1) is 0 Å². The Bertz CT molecular complexity index is 1090. The number of sulfonamides is 1. The second kappa shape index (κ2) is 8.24. The van der Waals surface area contributed by atoms with Crippen LogP contribution >= 0.6 is 0 Å². The first kappa shape index (κ1) is 20.5. The molecule has 2 fully saturated rings. The Kier molecular flexibility index (Phi) is 5.44. The van der Waals surface area contributed by atoms with E-state index in [1.807, 2.05) is 6.07 Å². The predicted octanol–water partition coefficient (Wildman–Crippen LogP) is 3.06. The molecule has 0 spiro atoms. The number of benzene rings is 1. The molecule has 0 atom stereocenters. The Labute approximate surface area is 183 Å². The molecule has 0 aliphatic carbocycles. The van der Waals surface area contributed by atoms with E-state index in [0.29, 0.717) is 36.5 Å². The Balaban J connectivity index is 1.42. The van der Waals surface area contributed by atoms with Crippen molar-refractivity contribution in [3.05, 3.63) is 47.7 Å². The maximum absolute atomic E-state index is 13.4. The molecule has 0 bridgehead atoms. The molecule has 7 nitrogen and oxygen atoms in total. The Hall–Kier alpha value is -2.45. The third kappa shape index (κ3) is 3.72. The zero-order valence-electron chi connectivity index (χ0n) is 17.7. The maximum Gasteiger partial charge on any atom is 0.262 e. The summed E-state index contributed by atoms with van der Waals surface area (Å²) in [6.07, 6.45) is 7.54. The molecule has 2 aromatic rings. The highest BCUT2D eigenvalue weighted by Gasteiger charge is 2.32. The van der Waals surface area contributed by atoms with Gasteiger partial charge in [0.1, 0.15) is 5.82 Å². The van der Waals surface area contributed by atoms with Crippen LogP contribution in [0.5, 0.6) is 0 Å². The van der Waals surface area contributed by atoms with E-state index in [0.717, 1.165) is 62.3 Å². The van der Waals surface area contributed by atoms with Crippen LogP contribution in [0.25, 0.3) is 0 Å². The summed E-state index contributed by atoms with van der Waals surface area (Å²) >= 11 is 0. The van der Waals surface area contributed by atoms with E-state index in [2.05, 4.69) is 9.88 Å². The molecule has 31 heavy (non-hydrogen) atoms. The molecule has 1 amide bonds. The standard InChI is InChI=1S/C23H28N4O3S/c28-23(20-7-6-11-24-22(20)25-12-4-5-13-25)27-16-10-18-17-19(8-9-21(18)27)31(29,30)26-14-2-1-3-15-26/h6-9,11,17H,1-5,10,12-16H2. The van der Waals surface area contributed by atoms with Crippen LogP contribution in [-0.2, 0) is 16.4 Å². The smallest absolute Gasteiger partial charge is 0.262 e. The number of amides is 1. The highest BCUT2D eigenvalue weighted by molar-refractivity contribution is 7.89. The van der Waals surface area contributed by atoms with Gasteiger partial charge in [-0.15, -0.1) is 0 Å². The first-order valence-corrected chi connectivity index (χ1v) is 12.6. The van der Waals surface area contributed by atoms with Gasteiger partial charge in [-0.1, -0.05) is 6.42 Å². The fourth-order valence-corrected chi connectivity index (χ4v) is 6.46. The number of hydrogen-bond acceptors (Lipinski definition) is 5. The molecule has 1 aromatic heterocycles. The molecule has 8 heteroatoms. The summed E-state index contributed by atoms with van der Waals surface area (Å²) in [6, 6.07) is 8.85. The van der Waals surface area contributed by atoms with Gasteiger partial charge in [0, 0.05) is 44.6 Å².